The molecule has 0 aliphatic heterocycles. The minimum absolute atomic E-state index is 0.0226. The molecular weight excluding hydrogens is 504 g/mol. The van der Waals surface area contributed by atoms with Crippen LogP contribution in [0.15, 0.2) is 24.3 Å². The molecule has 2 heterocycles. The summed E-state index contributed by atoms with van der Waals surface area (Å²) in [6, 6.07) is 7.16. The number of rotatable bonds is 9. The van der Waals surface area contributed by atoms with Crippen LogP contribution in [0.5, 0.6) is 5.75 Å². The Balaban J connectivity index is 0.000000226. The van der Waals surface area contributed by atoms with Gasteiger partial charge in [0.1, 0.15) is 12.4 Å². The van der Waals surface area contributed by atoms with E-state index in [1.54, 1.807) is 24.3 Å². The Morgan fingerprint density at radius 1 is 0.897 bits per heavy atom. The lowest BCUT2D eigenvalue weighted by Crippen LogP contribution is -2.21. The summed E-state index contributed by atoms with van der Waals surface area (Å²) in [5, 5.41) is 27.8. The first-order chi connectivity index (χ1) is 18.9. The molecule has 0 spiro atoms. The first-order valence-corrected chi connectivity index (χ1v) is 13.1. The van der Waals surface area contributed by atoms with Crippen LogP contribution in [0.4, 0.5) is 5.69 Å². The van der Waals surface area contributed by atoms with E-state index in [-0.39, 0.29) is 34.4 Å². The molecule has 3 aromatic rings. The molecule has 12 nitrogen and oxygen atoms in total. The van der Waals surface area contributed by atoms with E-state index in [2.05, 4.69) is 38.0 Å². The molecule has 2 aromatic heterocycles. The van der Waals surface area contributed by atoms with Crippen LogP contribution in [-0.4, -0.2) is 68.6 Å². The summed E-state index contributed by atoms with van der Waals surface area (Å²) in [7, 11) is 0. The molecular formula is C27H32N6O6. The number of nitrogens with zero attached hydrogens (tertiary/aromatic N) is 2. The Morgan fingerprint density at radius 2 is 1.49 bits per heavy atom. The molecule has 0 fully saturated rings. The van der Waals surface area contributed by atoms with Gasteiger partial charge in [0.2, 0.25) is 0 Å². The largest absolute Gasteiger partial charge is 0.492 e. The Hall–Kier alpha value is -4.32. The molecule has 39 heavy (non-hydrogen) atoms. The summed E-state index contributed by atoms with van der Waals surface area (Å²) >= 11 is 0. The maximum absolute atomic E-state index is 12.5. The SMILES string of the molecule is CCCNCCOc1ccc(NC(=O)c2n[nH]c3c2C(=O)CCC3)cc1.O=C(O)c1n[nH]c2c1C(=O)CCC2. The van der Waals surface area contributed by atoms with Gasteiger partial charge in [-0.2, -0.15) is 10.2 Å². The van der Waals surface area contributed by atoms with Crippen molar-refractivity contribution in [1.29, 1.82) is 0 Å². The zero-order valence-corrected chi connectivity index (χ0v) is 21.8. The minimum atomic E-state index is -1.15. The highest BCUT2D eigenvalue weighted by atomic mass is 16.5. The fourth-order valence-electron chi connectivity index (χ4n) is 4.51. The second-order valence-electron chi connectivity index (χ2n) is 9.29. The summed E-state index contributed by atoms with van der Waals surface area (Å²) < 4.78 is 5.64. The summed E-state index contributed by atoms with van der Waals surface area (Å²) in [6.07, 6.45) is 5.01. The molecule has 2 aliphatic rings. The van der Waals surface area contributed by atoms with E-state index in [0.29, 0.717) is 42.8 Å². The van der Waals surface area contributed by atoms with Crippen LogP contribution in [-0.2, 0) is 12.8 Å². The zero-order valence-electron chi connectivity index (χ0n) is 21.8. The first-order valence-electron chi connectivity index (χ1n) is 13.1. The molecule has 2 aliphatic carbocycles. The molecule has 1 aromatic carbocycles. The molecule has 0 saturated heterocycles. The quantitative estimate of drug-likeness (QED) is 0.257. The number of carbonyl (C=O) groups is 4. The number of Topliss-reactive ketones (excluding diaryl/α,β-unsaturated/α-hetero) is 2. The molecule has 0 bridgehead atoms. The van der Waals surface area contributed by atoms with Crippen molar-refractivity contribution < 1.29 is 29.0 Å². The van der Waals surface area contributed by atoms with Crippen LogP contribution >= 0.6 is 0 Å². The molecule has 0 atom stereocenters. The second-order valence-corrected chi connectivity index (χ2v) is 9.29. The van der Waals surface area contributed by atoms with E-state index in [1.165, 1.54) is 0 Å². The topological polar surface area (TPSA) is 179 Å². The minimum Gasteiger partial charge on any atom is -0.492 e. The number of hydrogen-bond acceptors (Lipinski definition) is 8. The summed E-state index contributed by atoms with van der Waals surface area (Å²) in [5.74, 6) is -0.922. The van der Waals surface area contributed by atoms with Crippen molar-refractivity contribution in [3.05, 3.63) is 58.2 Å². The van der Waals surface area contributed by atoms with Crippen LogP contribution in [0, 0.1) is 0 Å². The highest BCUT2D eigenvalue weighted by Crippen LogP contribution is 2.24. The Labute approximate surface area is 224 Å². The van der Waals surface area contributed by atoms with Crippen LogP contribution in [0.25, 0.3) is 0 Å². The van der Waals surface area contributed by atoms with E-state index in [4.69, 9.17) is 9.84 Å². The molecule has 0 unspecified atom stereocenters. The average molecular weight is 537 g/mol. The Bertz CT molecular complexity index is 1340. The smallest absolute Gasteiger partial charge is 0.357 e. The number of carboxylic acids is 1. The van der Waals surface area contributed by atoms with Crippen molar-refractivity contribution >= 4 is 29.1 Å². The first kappa shape index (κ1) is 27.7. The van der Waals surface area contributed by atoms with Crippen molar-refractivity contribution in [2.24, 2.45) is 0 Å². The number of amides is 1. The van der Waals surface area contributed by atoms with Crippen LogP contribution in [0.3, 0.4) is 0 Å². The monoisotopic (exact) mass is 536 g/mol. The standard InChI is InChI=1S/C19H24N4O3.C8H8N2O3/c1-2-10-20-11-12-26-14-8-6-13(7-9-14)21-19(25)18-17-15(22-23-18)4-3-5-16(17)24;11-5-3-1-2-4-6(5)7(8(12)13)10-9-4/h6-9,20H,2-5,10-12H2,1H3,(H,21,25)(H,22,23);1-3H2,(H,9,10)(H,12,13). The summed E-state index contributed by atoms with van der Waals surface area (Å²) in [6.45, 7) is 4.49. The fourth-order valence-corrected chi connectivity index (χ4v) is 4.51. The predicted molar refractivity (Wildman–Crippen MR) is 142 cm³/mol. The highest BCUT2D eigenvalue weighted by Gasteiger charge is 2.28. The van der Waals surface area contributed by atoms with Crippen molar-refractivity contribution in [3.63, 3.8) is 0 Å². The molecule has 206 valence electrons. The molecule has 1 amide bonds. The zero-order chi connectivity index (χ0) is 27.8. The van der Waals surface area contributed by atoms with E-state index >= 15 is 0 Å². The number of H-pyrrole nitrogens is 2. The second kappa shape index (κ2) is 13.0. The number of nitrogens with one attached hydrogen (secondary N) is 4. The molecule has 5 rings (SSSR count). The molecule has 0 saturated carbocycles. The number of anilines is 1. The van der Waals surface area contributed by atoms with Gasteiger partial charge in [0.05, 0.1) is 11.1 Å². The van der Waals surface area contributed by atoms with Crippen LogP contribution < -0.4 is 15.4 Å². The normalized spacial score (nSPS) is 14.1. The maximum Gasteiger partial charge on any atom is 0.357 e. The molecule has 12 heteroatoms. The van der Waals surface area contributed by atoms with Gasteiger partial charge in [-0.3, -0.25) is 24.6 Å². The van der Waals surface area contributed by atoms with Crippen molar-refractivity contribution in [1.82, 2.24) is 25.7 Å². The van der Waals surface area contributed by atoms with Gasteiger partial charge < -0.3 is 20.5 Å². The predicted octanol–water partition coefficient (Wildman–Crippen LogP) is 3.19. The van der Waals surface area contributed by atoms with Gasteiger partial charge >= 0.3 is 5.97 Å². The number of fused-ring (bicyclic) bond motifs is 2. The van der Waals surface area contributed by atoms with Crippen LogP contribution in [0.1, 0.15) is 92.1 Å². The number of hydrogen-bond donors (Lipinski definition) is 5. The number of aromatic nitrogens is 4. The van der Waals surface area contributed by atoms with Crippen LogP contribution in [0.2, 0.25) is 0 Å². The number of carboxylic acid groups (broad SMARTS) is 1. The highest BCUT2D eigenvalue weighted by molar-refractivity contribution is 6.12. The summed E-state index contributed by atoms with van der Waals surface area (Å²) in [4.78, 5) is 46.5. The van der Waals surface area contributed by atoms with Gasteiger partial charge in [-0.25, -0.2) is 4.79 Å². The fraction of sp³-hybridized carbons (Fsp3) is 0.407. The number of ketones is 2. The van der Waals surface area contributed by atoms with Crippen molar-refractivity contribution in [2.45, 2.75) is 51.9 Å². The third-order valence-corrected chi connectivity index (χ3v) is 6.41. The number of ether oxygens (including phenoxy) is 1. The van der Waals surface area contributed by atoms with Gasteiger partial charge in [-0.05, 0) is 62.9 Å². The lowest BCUT2D eigenvalue weighted by atomic mass is 9.94. The lowest BCUT2D eigenvalue weighted by molar-refractivity contribution is 0.0684. The van der Waals surface area contributed by atoms with Crippen molar-refractivity contribution in [3.8, 4) is 5.75 Å². The van der Waals surface area contributed by atoms with E-state index < -0.39 is 5.97 Å². The number of aryl methyl sites for hydroxylation is 2. The van der Waals surface area contributed by atoms with Crippen molar-refractivity contribution in [2.75, 3.05) is 25.0 Å². The van der Waals surface area contributed by atoms with Gasteiger partial charge in [0.25, 0.3) is 5.91 Å². The average Bonchev–Trinajstić information content (AvgIpc) is 3.56. The third kappa shape index (κ3) is 6.77. The Morgan fingerprint density at radius 3 is 2.08 bits per heavy atom. The van der Waals surface area contributed by atoms with E-state index in [9.17, 15) is 19.2 Å². The van der Waals surface area contributed by atoms with Gasteiger partial charge in [0, 0.05) is 36.5 Å². The number of benzene rings is 1. The number of carbonyl (C=O) groups excluding carboxylic acids is 3. The molecule has 0 radical (unpaired) electrons. The van der Waals surface area contributed by atoms with Gasteiger partial charge in [-0.1, -0.05) is 6.92 Å². The number of aromatic amines is 2. The maximum atomic E-state index is 12.5. The van der Waals surface area contributed by atoms with E-state index in [0.717, 1.165) is 50.2 Å². The van der Waals surface area contributed by atoms with E-state index in [1.807, 2.05) is 0 Å². The summed E-state index contributed by atoms with van der Waals surface area (Å²) in [5.41, 5.74) is 2.80. The van der Waals surface area contributed by atoms with Gasteiger partial charge in [0.15, 0.2) is 23.0 Å². The van der Waals surface area contributed by atoms with Gasteiger partial charge in [-0.15, -0.1) is 0 Å². The number of aromatic carboxylic acids is 1. The molecule has 5 N–H and O–H groups in total. The lowest BCUT2D eigenvalue weighted by Gasteiger charge is -2.11. The Kier molecular flexibility index (Phi) is 9.21. The third-order valence-electron chi connectivity index (χ3n) is 6.41.